The average Bonchev–Trinajstić information content (AvgIpc) is 2.30. The highest BCUT2D eigenvalue weighted by atomic mass is 16.3. The molecule has 6 heteroatoms. The first-order valence-electron chi connectivity index (χ1n) is 6.19. The number of aryl methyl sites for hydroxylation is 2. The van der Waals surface area contributed by atoms with Crippen molar-refractivity contribution in [2.24, 2.45) is 0 Å². The van der Waals surface area contributed by atoms with Crippen LogP contribution in [0.25, 0.3) is 0 Å². The normalized spacial score (nSPS) is 10.7. The molecule has 106 valence electrons. The number of nitrogens with zero attached hydrogens (tertiary/aromatic N) is 2. The molecule has 0 unspecified atom stereocenters. The van der Waals surface area contributed by atoms with Crippen molar-refractivity contribution in [3.8, 4) is 11.5 Å². The van der Waals surface area contributed by atoms with Crippen LogP contribution >= 0.6 is 0 Å². The first-order chi connectivity index (χ1) is 9.38. The van der Waals surface area contributed by atoms with Crippen LogP contribution in [0.5, 0.6) is 11.5 Å². The molecule has 20 heavy (non-hydrogen) atoms. The van der Waals surface area contributed by atoms with Crippen LogP contribution in [0.3, 0.4) is 0 Å². The largest absolute Gasteiger partial charge is 0.508 e. The van der Waals surface area contributed by atoms with E-state index in [-0.39, 0.29) is 22.6 Å². The van der Waals surface area contributed by atoms with Crippen molar-refractivity contribution in [1.82, 2.24) is 9.13 Å². The van der Waals surface area contributed by atoms with Gasteiger partial charge < -0.3 is 19.3 Å². The minimum absolute atomic E-state index is 0.0678. The fourth-order valence-corrected chi connectivity index (χ4v) is 2.20. The van der Waals surface area contributed by atoms with E-state index in [0.717, 1.165) is 12.1 Å². The molecule has 0 fully saturated rings. The zero-order valence-corrected chi connectivity index (χ0v) is 11.3. The highest BCUT2D eigenvalue weighted by molar-refractivity contribution is 5.22. The molecule has 0 aromatic carbocycles. The molecular formula is C14H16N2O4. The first-order valence-corrected chi connectivity index (χ1v) is 6.19. The van der Waals surface area contributed by atoms with E-state index in [1.165, 1.54) is 21.3 Å². The lowest BCUT2D eigenvalue weighted by atomic mass is 10.3. The van der Waals surface area contributed by atoms with Crippen molar-refractivity contribution in [3.05, 3.63) is 56.4 Å². The average molecular weight is 276 g/mol. The molecule has 0 saturated carbocycles. The molecule has 0 saturated heterocycles. The van der Waals surface area contributed by atoms with Crippen LogP contribution in [-0.2, 0) is 13.1 Å². The third-order valence-corrected chi connectivity index (χ3v) is 3.19. The maximum Gasteiger partial charge on any atom is 0.254 e. The van der Waals surface area contributed by atoms with Crippen LogP contribution in [0.4, 0.5) is 0 Å². The zero-order chi connectivity index (χ0) is 14.9. The van der Waals surface area contributed by atoms with Gasteiger partial charge in [0.05, 0.1) is 0 Å². The minimum Gasteiger partial charge on any atom is -0.508 e. The Morgan fingerprint density at radius 1 is 0.800 bits per heavy atom. The van der Waals surface area contributed by atoms with E-state index in [9.17, 15) is 19.8 Å². The third-order valence-electron chi connectivity index (χ3n) is 3.19. The lowest BCUT2D eigenvalue weighted by Gasteiger charge is -2.13. The molecule has 2 rings (SSSR count). The lowest BCUT2D eigenvalue weighted by molar-refractivity contribution is 0.459. The molecule has 0 atom stereocenters. The van der Waals surface area contributed by atoms with Gasteiger partial charge in [-0.05, 0) is 26.0 Å². The van der Waals surface area contributed by atoms with Crippen molar-refractivity contribution in [3.63, 3.8) is 0 Å². The van der Waals surface area contributed by atoms with Crippen molar-refractivity contribution < 1.29 is 10.2 Å². The molecular weight excluding hydrogens is 260 g/mol. The molecule has 0 radical (unpaired) electrons. The topological polar surface area (TPSA) is 84.5 Å². The Bertz CT molecular complexity index is 693. The second-order valence-corrected chi connectivity index (χ2v) is 4.69. The van der Waals surface area contributed by atoms with E-state index in [1.54, 1.807) is 13.8 Å². The summed E-state index contributed by atoms with van der Waals surface area (Å²) in [5.41, 5.74) is 0.623. The number of aromatic nitrogens is 2. The standard InChI is InChI=1S/C14H16N2O4/c1-9-5-11(17)7-13(19)15(9)3-4-16-10(2)6-12(18)8-14(16)20/h5-8,17-18H,3-4H2,1-2H3. The highest BCUT2D eigenvalue weighted by Gasteiger charge is 2.06. The molecule has 0 aliphatic carbocycles. The van der Waals surface area contributed by atoms with Crippen molar-refractivity contribution in [2.45, 2.75) is 26.9 Å². The van der Waals surface area contributed by atoms with Crippen molar-refractivity contribution in [2.75, 3.05) is 0 Å². The predicted octanol–water partition coefficient (Wildman–Crippen LogP) is 0.738. The summed E-state index contributed by atoms with van der Waals surface area (Å²) in [7, 11) is 0. The van der Waals surface area contributed by atoms with E-state index in [0.29, 0.717) is 24.5 Å². The van der Waals surface area contributed by atoms with Crippen LogP contribution in [-0.4, -0.2) is 19.3 Å². The van der Waals surface area contributed by atoms with E-state index in [1.807, 2.05) is 0 Å². The van der Waals surface area contributed by atoms with Crippen molar-refractivity contribution >= 4 is 0 Å². The number of pyridine rings is 2. The van der Waals surface area contributed by atoms with Gasteiger partial charge in [-0.1, -0.05) is 0 Å². The van der Waals surface area contributed by atoms with Crippen molar-refractivity contribution in [1.29, 1.82) is 0 Å². The molecule has 0 aliphatic heterocycles. The molecule has 0 spiro atoms. The zero-order valence-electron chi connectivity index (χ0n) is 11.3. The fraction of sp³-hybridized carbons (Fsp3) is 0.286. The second-order valence-electron chi connectivity index (χ2n) is 4.69. The van der Waals surface area contributed by atoms with Gasteiger partial charge in [0.2, 0.25) is 0 Å². The number of hydrogen-bond acceptors (Lipinski definition) is 4. The molecule has 0 aliphatic rings. The third kappa shape index (κ3) is 2.74. The van der Waals surface area contributed by atoms with E-state index < -0.39 is 0 Å². The number of rotatable bonds is 3. The fourth-order valence-electron chi connectivity index (χ4n) is 2.20. The smallest absolute Gasteiger partial charge is 0.254 e. The monoisotopic (exact) mass is 276 g/mol. The first kappa shape index (κ1) is 13.9. The van der Waals surface area contributed by atoms with Gasteiger partial charge in [0.1, 0.15) is 11.5 Å². The summed E-state index contributed by atoms with van der Waals surface area (Å²) in [6.45, 7) is 4.06. The van der Waals surface area contributed by atoms with Crippen LogP contribution in [0.2, 0.25) is 0 Å². The molecule has 0 bridgehead atoms. The number of hydrogen-bond donors (Lipinski definition) is 2. The summed E-state index contributed by atoms with van der Waals surface area (Å²) < 4.78 is 2.97. The Morgan fingerprint density at radius 3 is 1.45 bits per heavy atom. The number of aromatic hydroxyl groups is 2. The minimum atomic E-state index is -0.313. The molecule has 2 aromatic rings. The summed E-state index contributed by atoms with van der Waals surface area (Å²) in [6.07, 6.45) is 0. The van der Waals surface area contributed by atoms with Crippen LogP contribution in [0, 0.1) is 13.8 Å². The Labute approximate surface area is 115 Å². The molecule has 2 heterocycles. The van der Waals surface area contributed by atoms with Gasteiger partial charge in [0.25, 0.3) is 11.1 Å². The quantitative estimate of drug-likeness (QED) is 0.866. The molecule has 0 amide bonds. The van der Waals surface area contributed by atoms with E-state index >= 15 is 0 Å². The van der Waals surface area contributed by atoms with Gasteiger partial charge >= 0.3 is 0 Å². The van der Waals surface area contributed by atoms with Gasteiger partial charge in [0, 0.05) is 36.6 Å². The highest BCUT2D eigenvalue weighted by Crippen LogP contribution is 2.09. The van der Waals surface area contributed by atoms with Gasteiger partial charge in [-0.25, -0.2) is 0 Å². The summed E-state index contributed by atoms with van der Waals surface area (Å²) in [5, 5.41) is 18.7. The summed E-state index contributed by atoms with van der Waals surface area (Å²) in [6, 6.07) is 5.26. The van der Waals surface area contributed by atoms with E-state index in [2.05, 4.69) is 0 Å². The molecule has 2 N–H and O–H groups in total. The SMILES string of the molecule is Cc1cc(O)cc(=O)n1CCn1c(C)cc(O)cc1=O. The molecule has 2 aromatic heterocycles. The van der Waals surface area contributed by atoms with Crippen LogP contribution in [0.15, 0.2) is 33.9 Å². The van der Waals surface area contributed by atoms with Gasteiger partial charge in [-0.3, -0.25) is 9.59 Å². The predicted molar refractivity (Wildman–Crippen MR) is 74.2 cm³/mol. The maximum absolute atomic E-state index is 11.8. The van der Waals surface area contributed by atoms with Gasteiger partial charge in [-0.2, -0.15) is 0 Å². The van der Waals surface area contributed by atoms with E-state index in [4.69, 9.17) is 0 Å². The lowest BCUT2D eigenvalue weighted by Crippen LogP contribution is -2.28. The van der Waals surface area contributed by atoms with Crippen LogP contribution in [0.1, 0.15) is 11.4 Å². The Kier molecular flexibility index (Phi) is 3.65. The van der Waals surface area contributed by atoms with Crippen LogP contribution < -0.4 is 11.1 Å². The van der Waals surface area contributed by atoms with Gasteiger partial charge in [0.15, 0.2) is 0 Å². The maximum atomic E-state index is 11.8. The second kappa shape index (κ2) is 5.24. The summed E-state index contributed by atoms with van der Waals surface area (Å²) in [5.74, 6) is -0.136. The summed E-state index contributed by atoms with van der Waals surface area (Å²) >= 11 is 0. The Balaban J connectivity index is 2.31. The Hall–Kier alpha value is -2.50. The summed E-state index contributed by atoms with van der Waals surface area (Å²) in [4.78, 5) is 23.6. The van der Waals surface area contributed by atoms with Gasteiger partial charge in [-0.15, -0.1) is 0 Å². The molecule has 6 nitrogen and oxygen atoms in total. The Morgan fingerprint density at radius 2 is 1.15 bits per heavy atom.